The molecule has 15 heteroatoms. The number of hydrogen-bond acceptors (Lipinski definition) is 9. The molecule has 9 nitrogen and oxygen atoms in total. The van der Waals surface area contributed by atoms with Crippen LogP contribution in [0.1, 0.15) is 0 Å². The molecule has 0 atom stereocenters. The van der Waals surface area contributed by atoms with E-state index < -0.39 is 23.0 Å². The molecule has 0 radical (unpaired) electrons. The van der Waals surface area contributed by atoms with Gasteiger partial charge in [-0.1, -0.05) is 116 Å². The standard InChI is InChI=1S/C36H27Br3N3O6P3/c37-28-16-22-34(23-17-28)46-49(43-31-10-4-1-5-11-31)40-50(44-32-12-6-2-7-13-32,47-35-24-18-29(38)19-25-35)42-51(41-49,45-33-14-8-3-9-15-33)48-36-26-20-30(39)21-27-36/h1-27H. The molecule has 6 aromatic rings. The van der Waals surface area contributed by atoms with Crippen molar-refractivity contribution in [2.75, 3.05) is 0 Å². The lowest BCUT2D eigenvalue weighted by molar-refractivity contribution is 0.443. The summed E-state index contributed by atoms with van der Waals surface area (Å²) < 4.78 is 58.9. The molecule has 1 aliphatic rings. The Hall–Kier alpha value is -3.75. The highest BCUT2D eigenvalue weighted by Gasteiger charge is 2.48. The van der Waals surface area contributed by atoms with Crippen molar-refractivity contribution >= 4 is 70.8 Å². The minimum absolute atomic E-state index is 0.430. The van der Waals surface area contributed by atoms with Crippen LogP contribution in [-0.4, -0.2) is 0 Å². The van der Waals surface area contributed by atoms with Crippen LogP contribution in [0, 0.1) is 0 Å². The minimum Gasteiger partial charge on any atom is -0.413 e. The van der Waals surface area contributed by atoms with E-state index in [1.54, 1.807) is 72.8 Å². The van der Waals surface area contributed by atoms with Gasteiger partial charge in [-0.3, -0.25) is 0 Å². The first-order valence-electron chi connectivity index (χ1n) is 15.3. The Kier molecular flexibility index (Phi) is 11.1. The van der Waals surface area contributed by atoms with Crippen LogP contribution in [0.15, 0.2) is 191 Å². The molecule has 51 heavy (non-hydrogen) atoms. The van der Waals surface area contributed by atoms with E-state index in [4.69, 9.17) is 40.7 Å². The summed E-state index contributed by atoms with van der Waals surface area (Å²) in [5, 5.41) is 0. The Balaban J connectivity index is 1.56. The summed E-state index contributed by atoms with van der Waals surface area (Å²) >= 11 is 10.6. The predicted octanol–water partition coefficient (Wildman–Crippen LogP) is 14.6. The molecule has 0 aromatic heterocycles. The van der Waals surface area contributed by atoms with Crippen molar-refractivity contribution < 1.29 is 27.1 Å². The first-order chi connectivity index (χ1) is 24.8. The SMILES string of the molecule is Brc1ccc(OP2(Oc3ccccc3)=NP(Oc3ccccc3)(Oc3ccc(Br)cc3)=NP(Oc3ccccc3)(Oc3ccc(Br)cc3)=N2)cc1. The van der Waals surface area contributed by atoms with Crippen molar-refractivity contribution in [3.8, 4) is 34.5 Å². The predicted molar refractivity (Wildman–Crippen MR) is 214 cm³/mol. The van der Waals surface area contributed by atoms with Crippen LogP contribution in [0.3, 0.4) is 0 Å². The summed E-state index contributed by atoms with van der Waals surface area (Å²) in [7, 11) is -11.8. The van der Waals surface area contributed by atoms with Crippen LogP contribution in [0.25, 0.3) is 0 Å². The highest BCUT2D eigenvalue weighted by Crippen LogP contribution is 2.78. The van der Waals surface area contributed by atoms with Crippen molar-refractivity contribution in [3.05, 3.63) is 177 Å². The second-order valence-electron chi connectivity index (χ2n) is 10.6. The zero-order valence-electron chi connectivity index (χ0n) is 26.4. The summed E-state index contributed by atoms with van der Waals surface area (Å²) in [5.41, 5.74) is 0. The fourth-order valence-corrected chi connectivity index (χ4v) is 14.4. The van der Waals surface area contributed by atoms with Gasteiger partial charge in [-0.15, -0.1) is 0 Å². The Bertz CT molecular complexity index is 1990. The second kappa shape index (κ2) is 15.9. The summed E-state index contributed by atoms with van der Waals surface area (Å²) in [6.45, 7) is 0. The zero-order chi connectivity index (χ0) is 35.2. The van der Waals surface area contributed by atoms with Crippen molar-refractivity contribution in [2.24, 2.45) is 13.5 Å². The maximum absolute atomic E-state index is 6.80. The van der Waals surface area contributed by atoms with Crippen LogP contribution in [0.2, 0.25) is 0 Å². The Morgan fingerprint density at radius 1 is 0.275 bits per heavy atom. The Morgan fingerprint density at radius 3 is 0.686 bits per heavy atom. The minimum atomic E-state index is -3.94. The first-order valence-corrected chi connectivity index (χ1v) is 22.3. The topological polar surface area (TPSA) is 92.5 Å². The van der Waals surface area contributed by atoms with Gasteiger partial charge in [0.2, 0.25) is 0 Å². The van der Waals surface area contributed by atoms with E-state index in [9.17, 15) is 0 Å². The summed E-state index contributed by atoms with van der Waals surface area (Å²) in [5.74, 6) is 2.63. The van der Waals surface area contributed by atoms with Gasteiger partial charge in [0.25, 0.3) is 0 Å². The van der Waals surface area contributed by atoms with Gasteiger partial charge in [0, 0.05) is 13.4 Å². The summed E-state index contributed by atoms with van der Waals surface area (Å²) in [6, 6.07) is 49.4. The number of hydrogen-bond donors (Lipinski definition) is 0. The fourth-order valence-electron chi connectivity index (χ4n) is 4.51. The molecule has 0 saturated heterocycles. The molecular weight excluding hydrogens is 903 g/mol. The molecule has 6 aromatic carbocycles. The number of benzene rings is 6. The molecule has 0 spiro atoms. The number of para-hydroxylation sites is 3. The monoisotopic (exact) mass is 927 g/mol. The third-order valence-electron chi connectivity index (χ3n) is 6.69. The van der Waals surface area contributed by atoms with Crippen LogP contribution in [0.5, 0.6) is 34.5 Å². The third kappa shape index (κ3) is 9.38. The van der Waals surface area contributed by atoms with Crippen molar-refractivity contribution in [1.82, 2.24) is 0 Å². The van der Waals surface area contributed by atoms with Gasteiger partial charge in [-0.05, 0) is 109 Å². The Labute approximate surface area is 321 Å². The molecule has 258 valence electrons. The quantitative estimate of drug-likeness (QED) is 0.114. The van der Waals surface area contributed by atoms with Crippen molar-refractivity contribution in [3.63, 3.8) is 0 Å². The largest absolute Gasteiger partial charge is 0.460 e. The third-order valence-corrected chi connectivity index (χ3v) is 16.4. The Morgan fingerprint density at radius 2 is 0.471 bits per heavy atom. The lowest BCUT2D eigenvalue weighted by Gasteiger charge is -2.33. The first kappa shape index (κ1) is 35.6. The maximum Gasteiger partial charge on any atom is 0.460 e. The summed E-state index contributed by atoms with van der Waals surface area (Å²) in [4.78, 5) is 0. The van der Waals surface area contributed by atoms with Gasteiger partial charge < -0.3 is 27.1 Å². The molecule has 0 N–H and O–H groups in total. The molecule has 1 heterocycles. The van der Waals surface area contributed by atoms with Crippen molar-refractivity contribution in [1.29, 1.82) is 0 Å². The van der Waals surface area contributed by atoms with Gasteiger partial charge >= 0.3 is 23.0 Å². The van der Waals surface area contributed by atoms with Crippen LogP contribution < -0.4 is 27.1 Å². The van der Waals surface area contributed by atoms with Gasteiger partial charge in [-0.25, -0.2) is 0 Å². The van der Waals surface area contributed by atoms with E-state index in [1.165, 1.54) is 0 Å². The maximum atomic E-state index is 6.80. The van der Waals surface area contributed by atoms with E-state index in [0.29, 0.717) is 34.5 Å². The second-order valence-corrected chi connectivity index (χ2v) is 19.5. The molecule has 0 bridgehead atoms. The normalized spacial score (nSPS) is 20.8. The van der Waals surface area contributed by atoms with E-state index in [0.717, 1.165) is 13.4 Å². The molecule has 0 fully saturated rings. The number of halogens is 3. The molecule has 0 unspecified atom stereocenters. The van der Waals surface area contributed by atoms with Gasteiger partial charge in [0.05, 0.1) is 0 Å². The number of nitrogens with zero attached hydrogens (tertiary/aromatic N) is 3. The highest BCUT2D eigenvalue weighted by molar-refractivity contribution is 9.11. The fraction of sp³-hybridized carbons (Fsp3) is 0. The van der Waals surface area contributed by atoms with E-state index in [1.807, 2.05) is 91.0 Å². The van der Waals surface area contributed by atoms with Crippen molar-refractivity contribution in [2.45, 2.75) is 0 Å². The molecule has 0 aliphatic carbocycles. The molecule has 0 amide bonds. The zero-order valence-corrected chi connectivity index (χ0v) is 33.8. The average Bonchev–Trinajstić information content (AvgIpc) is 3.12. The number of rotatable bonds is 12. The lowest BCUT2D eigenvalue weighted by Crippen LogP contribution is -2.11. The highest BCUT2D eigenvalue weighted by atomic mass is 79.9. The van der Waals surface area contributed by atoms with Gasteiger partial charge in [0.1, 0.15) is 34.5 Å². The van der Waals surface area contributed by atoms with Gasteiger partial charge in [0.15, 0.2) is 0 Å². The van der Waals surface area contributed by atoms with Crippen LogP contribution in [-0.2, 0) is 0 Å². The molecule has 1 aliphatic heterocycles. The molecule has 0 saturated carbocycles. The van der Waals surface area contributed by atoms with Gasteiger partial charge in [-0.2, -0.15) is 0 Å². The molecule has 7 rings (SSSR count). The average molecular weight is 930 g/mol. The van der Waals surface area contributed by atoms with E-state index in [-0.39, 0.29) is 0 Å². The molecular formula is C36H27Br3N3O6P3. The van der Waals surface area contributed by atoms with Crippen LogP contribution >= 0.6 is 70.8 Å². The summed E-state index contributed by atoms with van der Waals surface area (Å²) in [6.07, 6.45) is 0. The van der Waals surface area contributed by atoms with Crippen LogP contribution in [0.4, 0.5) is 0 Å². The lowest BCUT2D eigenvalue weighted by atomic mass is 10.3. The van der Waals surface area contributed by atoms with E-state index >= 15 is 0 Å². The smallest absolute Gasteiger partial charge is 0.413 e. The van der Waals surface area contributed by atoms with E-state index in [2.05, 4.69) is 47.8 Å².